The quantitative estimate of drug-likeness (QED) is 0.492. The topological polar surface area (TPSA) is 17.1 Å². The van der Waals surface area contributed by atoms with Crippen LogP contribution in [0.3, 0.4) is 0 Å². The van der Waals surface area contributed by atoms with Crippen LogP contribution in [0, 0.1) is 6.92 Å². The summed E-state index contributed by atoms with van der Waals surface area (Å²) in [4.78, 5) is 0. The van der Waals surface area contributed by atoms with Crippen molar-refractivity contribution in [2.45, 2.75) is 6.92 Å². The van der Waals surface area contributed by atoms with E-state index in [1.165, 1.54) is 5.56 Å². The summed E-state index contributed by atoms with van der Waals surface area (Å²) in [5.41, 5.74) is 1.19. The highest BCUT2D eigenvalue weighted by atomic mass is 31.1. The van der Waals surface area contributed by atoms with Crippen molar-refractivity contribution in [1.82, 2.24) is 0 Å². The van der Waals surface area contributed by atoms with Crippen LogP contribution in [-0.2, 0) is 4.57 Å². The molecule has 0 saturated heterocycles. The molecule has 1 atom stereocenters. The molecule has 0 bridgehead atoms. The molecule has 0 N–H and O–H groups in total. The van der Waals surface area contributed by atoms with Gasteiger partial charge in [-0.15, -0.1) is 0 Å². The lowest BCUT2D eigenvalue weighted by Gasteiger charge is -1.80. The average Bonchev–Trinajstić information content (AvgIpc) is 2.45. The van der Waals surface area contributed by atoms with Gasteiger partial charge in [0.25, 0.3) is 0 Å². The fourth-order valence-electron chi connectivity index (χ4n) is 1.11. The molecular weight excluding hydrogens is 131 g/mol. The van der Waals surface area contributed by atoms with Gasteiger partial charge in [0, 0.05) is 10.6 Å². The van der Waals surface area contributed by atoms with Gasteiger partial charge in [-0.2, -0.15) is 0 Å². The van der Waals surface area contributed by atoms with Crippen molar-refractivity contribution in [3.8, 4) is 0 Å². The lowest BCUT2D eigenvalue weighted by molar-refractivity contribution is 0.601. The highest BCUT2D eigenvalue weighted by Gasteiger charge is 2.28. The van der Waals surface area contributed by atoms with E-state index in [-0.39, 0.29) is 0 Å². The van der Waals surface area contributed by atoms with Crippen molar-refractivity contribution < 1.29 is 4.57 Å². The van der Waals surface area contributed by atoms with Crippen molar-refractivity contribution in [2.24, 2.45) is 0 Å². The molecule has 0 spiro atoms. The molecule has 0 aromatic heterocycles. The standard InChI is InChI=1S/C7H7OP/c1-5-3-2-4-6-7(5)9(6)8/h2-4,9H,1H3. The zero-order valence-electron chi connectivity index (χ0n) is 5.14. The SMILES string of the molecule is Cc1cccc2c1[PH]2=O. The molecule has 1 aromatic carbocycles. The van der Waals surface area contributed by atoms with Crippen LogP contribution in [0.4, 0.5) is 0 Å². The Labute approximate surface area is 54.5 Å². The third-order valence-electron chi connectivity index (χ3n) is 1.68. The van der Waals surface area contributed by atoms with Crippen LogP contribution in [0.25, 0.3) is 0 Å². The molecule has 46 valence electrons. The maximum Gasteiger partial charge on any atom is 0.133 e. The van der Waals surface area contributed by atoms with Crippen LogP contribution in [0.2, 0.25) is 0 Å². The molecule has 1 aliphatic rings. The molecule has 0 radical (unpaired) electrons. The van der Waals surface area contributed by atoms with E-state index in [2.05, 4.69) is 0 Å². The van der Waals surface area contributed by atoms with Gasteiger partial charge in [-0.3, -0.25) is 0 Å². The maximum atomic E-state index is 10.9. The van der Waals surface area contributed by atoms with Gasteiger partial charge in [-0.05, 0) is 12.5 Å². The van der Waals surface area contributed by atoms with Gasteiger partial charge in [0.15, 0.2) is 0 Å². The minimum absolute atomic E-state index is 1.10. The Morgan fingerprint density at radius 2 is 2.22 bits per heavy atom. The number of hydrogen-bond donors (Lipinski definition) is 0. The second-order valence-corrected chi connectivity index (χ2v) is 4.02. The molecular formula is C7H7OP. The highest BCUT2D eigenvalue weighted by molar-refractivity contribution is 7.73. The summed E-state index contributed by atoms with van der Waals surface area (Å²) in [5.74, 6) is 0. The Balaban J connectivity index is 2.74. The van der Waals surface area contributed by atoms with Crippen molar-refractivity contribution in [1.29, 1.82) is 0 Å². The first-order valence-electron chi connectivity index (χ1n) is 2.95. The van der Waals surface area contributed by atoms with E-state index in [0.29, 0.717) is 0 Å². The smallest absolute Gasteiger partial charge is 0.133 e. The number of aryl methyl sites for hydroxylation is 1. The van der Waals surface area contributed by atoms with Gasteiger partial charge >= 0.3 is 0 Å². The monoisotopic (exact) mass is 138 g/mol. The Morgan fingerprint density at radius 3 is 2.78 bits per heavy atom. The minimum atomic E-state index is -1.37. The fourth-order valence-corrected chi connectivity index (χ4v) is 2.60. The first kappa shape index (κ1) is 5.25. The van der Waals surface area contributed by atoms with Crippen LogP contribution in [-0.4, -0.2) is 0 Å². The third-order valence-corrected chi connectivity index (χ3v) is 3.46. The van der Waals surface area contributed by atoms with E-state index in [0.717, 1.165) is 10.6 Å². The maximum absolute atomic E-state index is 10.9. The summed E-state index contributed by atoms with van der Waals surface area (Å²) in [6.07, 6.45) is 0. The largest absolute Gasteiger partial charge is 0.317 e. The molecule has 1 heterocycles. The molecule has 1 aliphatic heterocycles. The van der Waals surface area contributed by atoms with Crippen LogP contribution >= 0.6 is 7.80 Å². The molecule has 1 nitrogen and oxygen atoms in total. The molecule has 1 aromatic rings. The summed E-state index contributed by atoms with van der Waals surface area (Å²) >= 11 is 0. The lowest BCUT2D eigenvalue weighted by Crippen LogP contribution is -1.91. The van der Waals surface area contributed by atoms with Crippen LogP contribution in [0.5, 0.6) is 0 Å². The minimum Gasteiger partial charge on any atom is -0.317 e. The number of hydrogen-bond acceptors (Lipinski definition) is 1. The van der Waals surface area contributed by atoms with E-state index in [1.54, 1.807) is 0 Å². The van der Waals surface area contributed by atoms with Gasteiger partial charge in [0.05, 0.1) is 0 Å². The van der Waals surface area contributed by atoms with E-state index >= 15 is 0 Å². The molecule has 1 unspecified atom stereocenters. The summed E-state index contributed by atoms with van der Waals surface area (Å²) in [6, 6.07) is 5.92. The second kappa shape index (κ2) is 1.48. The van der Waals surface area contributed by atoms with Crippen LogP contribution < -0.4 is 10.6 Å². The van der Waals surface area contributed by atoms with Gasteiger partial charge < -0.3 is 4.57 Å². The van der Waals surface area contributed by atoms with Gasteiger partial charge in [0.2, 0.25) is 0 Å². The van der Waals surface area contributed by atoms with E-state index in [9.17, 15) is 4.57 Å². The second-order valence-electron chi connectivity index (χ2n) is 2.33. The van der Waals surface area contributed by atoms with Crippen molar-refractivity contribution >= 4 is 18.4 Å². The number of benzene rings is 1. The molecule has 0 aliphatic carbocycles. The van der Waals surface area contributed by atoms with Gasteiger partial charge in [-0.1, -0.05) is 18.2 Å². The Hall–Kier alpha value is -0.550. The highest BCUT2D eigenvalue weighted by Crippen LogP contribution is 2.33. The third kappa shape index (κ3) is 0.585. The number of fused-ring (bicyclic) bond motifs is 1. The first-order valence-corrected chi connectivity index (χ1v) is 4.36. The summed E-state index contributed by atoms with van der Waals surface area (Å²) in [6.45, 7) is 2.01. The molecule has 2 rings (SSSR count). The normalized spacial score (nSPS) is 21.2. The van der Waals surface area contributed by atoms with Crippen LogP contribution in [0.15, 0.2) is 18.2 Å². The zero-order chi connectivity index (χ0) is 6.43. The van der Waals surface area contributed by atoms with Gasteiger partial charge in [0.1, 0.15) is 7.80 Å². The molecule has 9 heavy (non-hydrogen) atoms. The lowest BCUT2D eigenvalue weighted by atomic mass is 10.2. The Kier molecular flexibility index (Phi) is 0.866. The van der Waals surface area contributed by atoms with Crippen LogP contribution in [0.1, 0.15) is 5.56 Å². The Bertz CT molecular complexity index is 291. The van der Waals surface area contributed by atoms with Crippen molar-refractivity contribution in [3.63, 3.8) is 0 Å². The summed E-state index contributed by atoms with van der Waals surface area (Å²) in [5, 5.41) is 2.22. The van der Waals surface area contributed by atoms with Crippen molar-refractivity contribution in [2.75, 3.05) is 0 Å². The first-order chi connectivity index (χ1) is 4.30. The fraction of sp³-hybridized carbons (Fsp3) is 0.143. The molecule has 0 amide bonds. The van der Waals surface area contributed by atoms with Crippen molar-refractivity contribution in [3.05, 3.63) is 23.8 Å². The predicted molar refractivity (Wildman–Crippen MR) is 39.4 cm³/mol. The summed E-state index contributed by atoms with van der Waals surface area (Å²) in [7, 11) is -1.37. The van der Waals surface area contributed by atoms with E-state index in [4.69, 9.17) is 0 Å². The summed E-state index contributed by atoms with van der Waals surface area (Å²) < 4.78 is 10.9. The molecule has 0 fully saturated rings. The average molecular weight is 138 g/mol. The predicted octanol–water partition coefficient (Wildman–Crippen LogP) is 0.819. The zero-order valence-corrected chi connectivity index (χ0v) is 6.14. The Morgan fingerprint density at radius 1 is 1.44 bits per heavy atom. The van der Waals surface area contributed by atoms with Gasteiger partial charge in [-0.25, -0.2) is 0 Å². The van der Waals surface area contributed by atoms with E-state index < -0.39 is 7.80 Å². The molecule has 2 heteroatoms. The number of rotatable bonds is 0. The molecule has 0 saturated carbocycles. The van der Waals surface area contributed by atoms with E-state index in [1.807, 2.05) is 25.1 Å².